The fourth-order valence-corrected chi connectivity index (χ4v) is 6.96. The number of aliphatic hydroxyl groups is 1. The second-order valence-corrected chi connectivity index (χ2v) is 12.0. The molecule has 0 amide bonds. The highest BCUT2D eigenvalue weighted by atomic mass is 32.2. The molecule has 3 heterocycles. The first kappa shape index (κ1) is 24.6. The van der Waals surface area contributed by atoms with Gasteiger partial charge in [-0.3, -0.25) is 14.8 Å². The number of fused-ring (bicyclic) bond motifs is 2. The third-order valence-electron chi connectivity index (χ3n) is 7.63. The summed E-state index contributed by atoms with van der Waals surface area (Å²) in [5, 5.41) is 10.6. The molecule has 2 aromatic rings. The number of hydrogen-bond donors (Lipinski definition) is 2. The molecule has 0 unspecified atom stereocenters. The summed E-state index contributed by atoms with van der Waals surface area (Å²) in [6, 6.07) is 9.04. The Morgan fingerprint density at radius 1 is 1.11 bits per heavy atom. The predicted molar refractivity (Wildman–Crippen MR) is 135 cm³/mol. The molecule has 3 atom stereocenters. The van der Waals surface area contributed by atoms with Crippen LogP contribution in [0.3, 0.4) is 0 Å². The maximum Gasteiger partial charge on any atom is 0.244 e. The van der Waals surface area contributed by atoms with Gasteiger partial charge in [-0.1, -0.05) is 31.4 Å². The van der Waals surface area contributed by atoms with Gasteiger partial charge in [0.1, 0.15) is 16.7 Å². The monoisotopic (exact) mass is 500 g/mol. The summed E-state index contributed by atoms with van der Waals surface area (Å²) in [5.74, 6) is 1.06. The molecule has 8 nitrogen and oxygen atoms in total. The molecule has 2 aliphatic heterocycles. The average Bonchev–Trinajstić information content (AvgIpc) is 3.25. The number of hydrogen-bond acceptors (Lipinski definition) is 7. The molecular weight excluding hydrogens is 464 g/mol. The van der Waals surface area contributed by atoms with E-state index in [0.29, 0.717) is 18.2 Å². The number of ether oxygens (including phenoxy) is 1. The first-order valence-corrected chi connectivity index (χ1v) is 14.2. The molecule has 1 aromatic carbocycles. The number of pyridine rings is 1. The highest BCUT2D eigenvalue weighted by Crippen LogP contribution is 2.34. The highest BCUT2D eigenvalue weighted by Gasteiger charge is 2.39. The van der Waals surface area contributed by atoms with Crippen molar-refractivity contribution in [1.29, 1.82) is 0 Å². The van der Waals surface area contributed by atoms with Crippen molar-refractivity contribution >= 4 is 10.0 Å². The van der Waals surface area contributed by atoms with Crippen molar-refractivity contribution in [2.75, 3.05) is 39.8 Å². The van der Waals surface area contributed by atoms with E-state index in [9.17, 15) is 13.5 Å². The van der Waals surface area contributed by atoms with Crippen LogP contribution < -0.4 is 9.46 Å². The van der Waals surface area contributed by atoms with Gasteiger partial charge in [0.25, 0.3) is 0 Å². The quantitative estimate of drug-likeness (QED) is 0.668. The Kier molecular flexibility index (Phi) is 7.41. The van der Waals surface area contributed by atoms with Crippen molar-refractivity contribution in [3.8, 4) is 16.9 Å². The molecule has 5 rings (SSSR count). The summed E-state index contributed by atoms with van der Waals surface area (Å²) < 4.78 is 35.5. The van der Waals surface area contributed by atoms with Gasteiger partial charge in [0.15, 0.2) is 0 Å². The third-order valence-corrected chi connectivity index (χ3v) is 9.10. The molecule has 3 aliphatic rings. The summed E-state index contributed by atoms with van der Waals surface area (Å²) in [6.45, 7) is 2.98. The Labute approximate surface area is 208 Å². The molecule has 1 aliphatic carbocycles. The number of nitrogens with zero attached hydrogens (tertiary/aromatic N) is 3. The van der Waals surface area contributed by atoms with Gasteiger partial charge in [-0.15, -0.1) is 0 Å². The molecule has 1 saturated carbocycles. The maximum absolute atomic E-state index is 13.2. The van der Waals surface area contributed by atoms with Crippen LogP contribution in [0.2, 0.25) is 0 Å². The van der Waals surface area contributed by atoms with E-state index in [4.69, 9.17) is 4.74 Å². The molecule has 2 fully saturated rings. The van der Waals surface area contributed by atoms with E-state index < -0.39 is 16.1 Å². The Balaban J connectivity index is 1.48. The summed E-state index contributed by atoms with van der Waals surface area (Å²) in [7, 11) is -1.86. The topological polar surface area (TPSA) is 95.0 Å². The van der Waals surface area contributed by atoms with Crippen molar-refractivity contribution in [2.45, 2.75) is 55.2 Å². The zero-order valence-electron chi connectivity index (χ0n) is 20.3. The fraction of sp³-hybridized carbons (Fsp3) is 0.577. The maximum atomic E-state index is 13.2. The zero-order valence-corrected chi connectivity index (χ0v) is 21.2. The second-order valence-electron chi connectivity index (χ2n) is 10.3. The Morgan fingerprint density at radius 3 is 2.71 bits per heavy atom. The SMILES string of the molecule is CN1C[C@@H](O)CNS(=O)(=O)c2ccc(-c3cccnc3)cc2O[C@H]2CN(CC3CCCCC3)C[C@H]21. The van der Waals surface area contributed by atoms with E-state index in [1.807, 2.05) is 19.2 Å². The van der Waals surface area contributed by atoms with Crippen LogP contribution in [0, 0.1) is 5.92 Å². The number of likely N-dealkylation sites (N-methyl/N-ethyl adjacent to an activating group) is 1. The van der Waals surface area contributed by atoms with Gasteiger partial charge in [0, 0.05) is 50.7 Å². The second kappa shape index (κ2) is 10.5. The molecule has 35 heavy (non-hydrogen) atoms. The van der Waals surface area contributed by atoms with Gasteiger partial charge in [-0.2, -0.15) is 0 Å². The number of aromatic nitrogens is 1. The van der Waals surface area contributed by atoms with Crippen molar-refractivity contribution < 1.29 is 18.3 Å². The van der Waals surface area contributed by atoms with Crippen LogP contribution in [0.1, 0.15) is 32.1 Å². The normalized spacial score (nSPS) is 28.5. The molecule has 1 saturated heterocycles. The summed E-state index contributed by atoms with van der Waals surface area (Å²) >= 11 is 0. The smallest absolute Gasteiger partial charge is 0.244 e. The van der Waals surface area contributed by atoms with Crippen LogP contribution in [0.15, 0.2) is 47.6 Å². The van der Waals surface area contributed by atoms with E-state index in [1.54, 1.807) is 30.6 Å². The lowest BCUT2D eigenvalue weighted by Crippen LogP contribution is -2.47. The molecule has 1 aromatic heterocycles. The minimum absolute atomic E-state index is 0.0420. The van der Waals surface area contributed by atoms with Gasteiger partial charge in [0.2, 0.25) is 10.0 Å². The number of sulfonamides is 1. The lowest BCUT2D eigenvalue weighted by Gasteiger charge is -2.30. The zero-order chi connectivity index (χ0) is 24.4. The molecule has 0 bridgehead atoms. The number of aliphatic hydroxyl groups excluding tert-OH is 1. The summed E-state index contributed by atoms with van der Waals surface area (Å²) in [6.07, 6.45) is 8.98. The molecule has 2 N–H and O–H groups in total. The van der Waals surface area contributed by atoms with E-state index in [2.05, 4.69) is 19.5 Å². The number of nitrogens with one attached hydrogen (secondary N) is 1. The fourth-order valence-electron chi connectivity index (χ4n) is 5.77. The lowest BCUT2D eigenvalue weighted by atomic mass is 9.89. The van der Waals surface area contributed by atoms with E-state index in [1.165, 1.54) is 32.1 Å². The van der Waals surface area contributed by atoms with Gasteiger partial charge in [-0.05, 0) is 49.6 Å². The first-order valence-electron chi connectivity index (χ1n) is 12.7. The van der Waals surface area contributed by atoms with Crippen LogP contribution >= 0.6 is 0 Å². The number of likely N-dealkylation sites (tertiary alicyclic amines) is 1. The van der Waals surface area contributed by atoms with Crippen molar-refractivity contribution in [3.05, 3.63) is 42.7 Å². The summed E-state index contributed by atoms with van der Waals surface area (Å²) in [4.78, 5) is 8.90. The molecule has 9 heteroatoms. The van der Waals surface area contributed by atoms with Crippen molar-refractivity contribution in [2.24, 2.45) is 5.92 Å². The van der Waals surface area contributed by atoms with Crippen LogP contribution in [0.4, 0.5) is 0 Å². The lowest BCUT2D eigenvalue weighted by molar-refractivity contribution is 0.0713. The van der Waals surface area contributed by atoms with Crippen molar-refractivity contribution in [1.82, 2.24) is 19.5 Å². The molecule has 190 valence electrons. The van der Waals surface area contributed by atoms with Gasteiger partial charge >= 0.3 is 0 Å². The minimum atomic E-state index is -3.85. The minimum Gasteiger partial charge on any atom is -0.486 e. The third kappa shape index (κ3) is 5.70. The van der Waals surface area contributed by atoms with Gasteiger partial charge in [-0.25, -0.2) is 13.1 Å². The van der Waals surface area contributed by atoms with Crippen LogP contribution in [-0.2, 0) is 10.0 Å². The average molecular weight is 501 g/mol. The largest absolute Gasteiger partial charge is 0.486 e. The first-order chi connectivity index (χ1) is 16.9. The standard InChI is InChI=1S/C26H36N4O4S/c1-29-16-22(31)14-28-35(32,33)26-10-9-20(21-8-5-11-27-13-21)12-24(26)34-25-18-30(17-23(25)29)15-19-6-3-2-4-7-19/h5,8-13,19,22-23,25,28,31H,2-4,6-7,14-18H2,1H3/t22-,23+,25-/m0/s1. The Hall–Kier alpha value is -2.04. The number of rotatable bonds is 3. The number of benzene rings is 1. The van der Waals surface area contributed by atoms with Gasteiger partial charge < -0.3 is 9.84 Å². The van der Waals surface area contributed by atoms with E-state index in [0.717, 1.165) is 30.8 Å². The molecule has 0 spiro atoms. The van der Waals surface area contributed by atoms with Crippen LogP contribution in [-0.4, -0.2) is 86.3 Å². The van der Waals surface area contributed by atoms with Crippen molar-refractivity contribution in [3.63, 3.8) is 0 Å². The number of β-amino-alcohol motifs (C(OH)–C–C–N with tert-alkyl or cyclic N) is 1. The van der Waals surface area contributed by atoms with Crippen LogP contribution in [0.5, 0.6) is 5.75 Å². The van der Waals surface area contributed by atoms with E-state index in [-0.39, 0.29) is 23.6 Å². The Bertz CT molecular complexity index is 1110. The summed E-state index contributed by atoms with van der Waals surface area (Å²) in [5.41, 5.74) is 1.75. The van der Waals surface area contributed by atoms with Gasteiger partial charge in [0.05, 0.1) is 12.1 Å². The predicted octanol–water partition coefficient (Wildman–Crippen LogP) is 2.35. The van der Waals surface area contributed by atoms with E-state index >= 15 is 0 Å². The molecular formula is C26H36N4O4S. The molecule has 0 radical (unpaired) electrons. The highest BCUT2D eigenvalue weighted by molar-refractivity contribution is 7.89. The van der Waals surface area contributed by atoms with Crippen LogP contribution in [0.25, 0.3) is 11.1 Å². The Morgan fingerprint density at radius 2 is 1.94 bits per heavy atom.